The van der Waals surface area contributed by atoms with Gasteiger partial charge in [-0.25, -0.2) is 0 Å². The Labute approximate surface area is 87.4 Å². The van der Waals surface area contributed by atoms with Gasteiger partial charge in [0, 0.05) is 0 Å². The summed E-state index contributed by atoms with van der Waals surface area (Å²) in [5, 5.41) is -0.378. The highest BCUT2D eigenvalue weighted by molar-refractivity contribution is 6.66. The quantitative estimate of drug-likeness (QED) is 0.523. The first-order valence-electron chi connectivity index (χ1n) is 4.08. The molecular formula is C8H11Cl3O. The molecule has 1 aliphatic rings. The molecule has 0 unspecified atom stereocenters. The number of carbonyl (C=O) groups is 1. The molecule has 0 saturated heterocycles. The average molecular weight is 230 g/mol. The monoisotopic (exact) mass is 228 g/mol. The second-order valence-electron chi connectivity index (χ2n) is 3.29. The van der Waals surface area contributed by atoms with Gasteiger partial charge in [-0.1, -0.05) is 19.3 Å². The van der Waals surface area contributed by atoms with E-state index in [1.54, 1.807) is 0 Å². The van der Waals surface area contributed by atoms with Crippen LogP contribution in [0, 0.1) is 5.41 Å². The largest absolute Gasteiger partial charge is 0.281 e. The summed E-state index contributed by atoms with van der Waals surface area (Å²) in [5.41, 5.74) is -0.664. The van der Waals surface area contributed by atoms with Gasteiger partial charge in [-0.05, 0) is 24.4 Å². The summed E-state index contributed by atoms with van der Waals surface area (Å²) < 4.78 is 0. The zero-order valence-electron chi connectivity index (χ0n) is 6.66. The van der Waals surface area contributed by atoms with Crippen LogP contribution in [0.4, 0.5) is 0 Å². The Kier molecular flexibility index (Phi) is 3.69. The van der Waals surface area contributed by atoms with Gasteiger partial charge in [0.2, 0.25) is 5.24 Å². The van der Waals surface area contributed by atoms with Crippen LogP contribution in [0.1, 0.15) is 32.1 Å². The van der Waals surface area contributed by atoms with Crippen LogP contribution in [0.5, 0.6) is 0 Å². The van der Waals surface area contributed by atoms with Crippen LogP contribution in [-0.4, -0.2) is 10.1 Å². The second kappa shape index (κ2) is 4.17. The third-order valence-corrected chi connectivity index (χ3v) is 3.77. The lowest BCUT2D eigenvalue weighted by molar-refractivity contribution is -0.121. The summed E-state index contributed by atoms with van der Waals surface area (Å²) in [5.74, 6) is 0. The Bertz CT molecular complexity index is 173. The maximum absolute atomic E-state index is 11.2. The predicted octanol–water partition coefficient (Wildman–Crippen LogP) is 3.51. The number of alkyl halides is 2. The standard InChI is InChI=1S/C8H11Cl3O/c9-6(10)8(7(11)12)4-2-1-3-5-8/h6H,1-5H2. The van der Waals surface area contributed by atoms with E-state index in [4.69, 9.17) is 34.8 Å². The van der Waals surface area contributed by atoms with Crippen molar-refractivity contribution in [1.29, 1.82) is 0 Å². The molecule has 0 aliphatic heterocycles. The van der Waals surface area contributed by atoms with Gasteiger partial charge in [0.15, 0.2) is 0 Å². The molecule has 12 heavy (non-hydrogen) atoms. The van der Waals surface area contributed by atoms with E-state index in [9.17, 15) is 4.79 Å². The van der Waals surface area contributed by atoms with Crippen LogP contribution in [0.2, 0.25) is 0 Å². The van der Waals surface area contributed by atoms with Crippen LogP contribution >= 0.6 is 34.8 Å². The Morgan fingerprint density at radius 2 is 1.67 bits per heavy atom. The van der Waals surface area contributed by atoms with Crippen LogP contribution in [0.25, 0.3) is 0 Å². The van der Waals surface area contributed by atoms with Gasteiger partial charge < -0.3 is 0 Å². The molecule has 0 radical (unpaired) electrons. The van der Waals surface area contributed by atoms with Crippen molar-refractivity contribution in [2.45, 2.75) is 36.9 Å². The third kappa shape index (κ3) is 1.89. The Morgan fingerprint density at radius 3 is 1.92 bits per heavy atom. The van der Waals surface area contributed by atoms with Crippen LogP contribution in [-0.2, 0) is 4.79 Å². The van der Waals surface area contributed by atoms with Gasteiger partial charge in [0.1, 0.15) is 4.84 Å². The van der Waals surface area contributed by atoms with Crippen LogP contribution in [0.3, 0.4) is 0 Å². The highest BCUT2D eigenvalue weighted by Crippen LogP contribution is 2.44. The lowest BCUT2D eigenvalue weighted by atomic mass is 9.76. The number of rotatable bonds is 2. The molecule has 1 rings (SSSR count). The summed E-state index contributed by atoms with van der Waals surface area (Å²) in [6.45, 7) is 0. The van der Waals surface area contributed by atoms with Gasteiger partial charge in [0.05, 0.1) is 5.41 Å². The van der Waals surface area contributed by atoms with Crippen molar-refractivity contribution in [2.24, 2.45) is 5.41 Å². The maximum Gasteiger partial charge on any atom is 0.230 e. The number of halogens is 3. The molecule has 0 N–H and O–H groups in total. The molecule has 0 spiro atoms. The van der Waals surface area contributed by atoms with E-state index in [0.717, 1.165) is 32.1 Å². The molecule has 0 aromatic carbocycles. The van der Waals surface area contributed by atoms with E-state index in [-0.39, 0.29) is 5.24 Å². The Hall–Kier alpha value is 0.540. The van der Waals surface area contributed by atoms with E-state index in [2.05, 4.69) is 0 Å². The van der Waals surface area contributed by atoms with Crippen molar-refractivity contribution >= 4 is 40.0 Å². The molecule has 1 fully saturated rings. The molecule has 0 aromatic heterocycles. The maximum atomic E-state index is 11.2. The summed E-state index contributed by atoms with van der Waals surface area (Å²) in [6, 6.07) is 0. The molecule has 4 heteroatoms. The molecule has 0 amide bonds. The van der Waals surface area contributed by atoms with Crippen molar-refractivity contribution in [2.75, 3.05) is 0 Å². The zero-order chi connectivity index (χ0) is 9.19. The fourth-order valence-corrected chi connectivity index (χ4v) is 2.73. The fraction of sp³-hybridized carbons (Fsp3) is 0.875. The first-order chi connectivity index (χ1) is 5.59. The molecule has 0 atom stereocenters. The Morgan fingerprint density at radius 1 is 1.17 bits per heavy atom. The van der Waals surface area contributed by atoms with Crippen molar-refractivity contribution in [3.05, 3.63) is 0 Å². The molecule has 0 heterocycles. The van der Waals surface area contributed by atoms with E-state index < -0.39 is 10.3 Å². The number of carbonyl (C=O) groups excluding carboxylic acids is 1. The highest BCUT2D eigenvalue weighted by Gasteiger charge is 2.43. The Balaban J connectivity index is 2.77. The number of hydrogen-bond acceptors (Lipinski definition) is 1. The van der Waals surface area contributed by atoms with Gasteiger partial charge in [0.25, 0.3) is 0 Å². The highest BCUT2D eigenvalue weighted by atomic mass is 35.5. The third-order valence-electron chi connectivity index (χ3n) is 2.55. The summed E-state index contributed by atoms with van der Waals surface area (Å²) in [4.78, 5) is 10.5. The van der Waals surface area contributed by atoms with Gasteiger partial charge in [-0.15, -0.1) is 23.2 Å². The van der Waals surface area contributed by atoms with Gasteiger partial charge >= 0.3 is 0 Å². The normalized spacial score (nSPS) is 22.7. The molecule has 70 valence electrons. The predicted molar refractivity (Wildman–Crippen MR) is 51.9 cm³/mol. The topological polar surface area (TPSA) is 17.1 Å². The van der Waals surface area contributed by atoms with Gasteiger partial charge in [-0.2, -0.15) is 0 Å². The lowest BCUT2D eigenvalue weighted by Crippen LogP contribution is -2.36. The summed E-state index contributed by atoms with van der Waals surface area (Å²) in [6.07, 6.45) is 4.59. The van der Waals surface area contributed by atoms with E-state index >= 15 is 0 Å². The minimum absolute atomic E-state index is 0.378. The molecular weight excluding hydrogens is 218 g/mol. The van der Waals surface area contributed by atoms with Crippen molar-refractivity contribution in [3.63, 3.8) is 0 Å². The second-order valence-corrected chi connectivity index (χ2v) is 4.73. The molecule has 1 aliphatic carbocycles. The molecule has 0 bridgehead atoms. The van der Waals surface area contributed by atoms with Crippen LogP contribution < -0.4 is 0 Å². The molecule has 1 saturated carbocycles. The van der Waals surface area contributed by atoms with Crippen molar-refractivity contribution in [3.8, 4) is 0 Å². The summed E-state index contributed by atoms with van der Waals surface area (Å²) >= 11 is 17.0. The number of hydrogen-bond donors (Lipinski definition) is 0. The molecule has 1 nitrogen and oxygen atoms in total. The van der Waals surface area contributed by atoms with E-state index in [1.807, 2.05) is 0 Å². The fourth-order valence-electron chi connectivity index (χ4n) is 1.68. The van der Waals surface area contributed by atoms with Crippen molar-refractivity contribution in [1.82, 2.24) is 0 Å². The van der Waals surface area contributed by atoms with Crippen molar-refractivity contribution < 1.29 is 4.79 Å². The minimum Gasteiger partial charge on any atom is -0.281 e. The average Bonchev–Trinajstić information content (AvgIpc) is 2.05. The first kappa shape index (κ1) is 10.6. The van der Waals surface area contributed by atoms with E-state index in [0.29, 0.717) is 0 Å². The first-order valence-corrected chi connectivity index (χ1v) is 5.33. The molecule has 0 aromatic rings. The SMILES string of the molecule is O=C(Cl)C1(C(Cl)Cl)CCCCC1. The zero-order valence-corrected chi connectivity index (χ0v) is 8.92. The van der Waals surface area contributed by atoms with Crippen LogP contribution in [0.15, 0.2) is 0 Å². The summed E-state index contributed by atoms with van der Waals surface area (Å²) in [7, 11) is 0. The van der Waals surface area contributed by atoms with Gasteiger partial charge in [-0.3, -0.25) is 4.79 Å². The smallest absolute Gasteiger partial charge is 0.230 e. The van der Waals surface area contributed by atoms with E-state index in [1.165, 1.54) is 0 Å². The lowest BCUT2D eigenvalue weighted by Gasteiger charge is -2.34. The minimum atomic E-state index is -0.664.